The lowest BCUT2D eigenvalue weighted by Gasteiger charge is -2.11. The Morgan fingerprint density at radius 1 is 0.720 bits per heavy atom. The molecule has 0 heterocycles. The molecule has 0 aromatic carbocycles. The topological polar surface area (TPSA) is 83.9 Å². The van der Waals surface area contributed by atoms with Gasteiger partial charge in [-0.1, -0.05) is 61.4 Å². The maximum absolute atomic E-state index is 12.7. The van der Waals surface area contributed by atoms with E-state index >= 15 is 0 Å². The largest absolute Gasteiger partial charge is 0.298 e. The van der Waals surface area contributed by atoms with Crippen LogP contribution in [-0.2, 0) is 0 Å². The van der Waals surface area contributed by atoms with Gasteiger partial charge in [-0.25, -0.2) is 0 Å². The summed E-state index contributed by atoms with van der Waals surface area (Å²) in [7, 11) is 0. The van der Waals surface area contributed by atoms with Crippen molar-refractivity contribution in [1.29, 1.82) is 16.2 Å². The summed E-state index contributed by atoms with van der Waals surface area (Å²) in [6, 6.07) is 0. The van der Waals surface area contributed by atoms with Gasteiger partial charge in [0.25, 0.3) is 0 Å². The van der Waals surface area contributed by atoms with Crippen LogP contribution in [0.3, 0.4) is 0 Å². The molecule has 0 amide bonds. The van der Waals surface area contributed by atoms with Gasteiger partial charge in [-0.15, -0.1) is 0 Å². The second-order valence-corrected chi connectivity index (χ2v) is 4.67. The summed E-state index contributed by atoms with van der Waals surface area (Å²) in [5.74, 6) is 5.48. The highest BCUT2D eigenvalue weighted by Gasteiger charge is 2.18. The van der Waals surface area contributed by atoms with Crippen molar-refractivity contribution in [3.05, 3.63) is 46.6 Å². The SMILES string of the molecule is CC.CC.CC1=CC=C(C#CC2=CC=C(C)C(=N)/C2=N\F)C(=N)C1=N. The first kappa shape index (κ1) is 22.1. The summed E-state index contributed by atoms with van der Waals surface area (Å²) in [6.45, 7) is 11.5. The first-order chi connectivity index (χ1) is 12.0. The molecule has 0 aliphatic heterocycles. The fourth-order valence-corrected chi connectivity index (χ4v) is 1.83. The van der Waals surface area contributed by atoms with E-state index in [4.69, 9.17) is 16.2 Å². The van der Waals surface area contributed by atoms with Crippen molar-refractivity contribution in [2.45, 2.75) is 41.5 Å². The molecule has 2 rings (SSSR count). The van der Waals surface area contributed by atoms with Crippen molar-refractivity contribution in [3.63, 3.8) is 0 Å². The van der Waals surface area contributed by atoms with E-state index in [0.717, 1.165) is 0 Å². The van der Waals surface area contributed by atoms with Crippen LogP contribution in [0.1, 0.15) is 41.5 Å². The Morgan fingerprint density at radius 3 is 1.68 bits per heavy atom. The summed E-state index contributed by atoms with van der Waals surface area (Å²) < 4.78 is 12.7. The van der Waals surface area contributed by atoms with Gasteiger partial charge in [0.2, 0.25) is 0 Å². The third-order valence-corrected chi connectivity index (χ3v) is 3.22. The monoisotopic (exact) mass is 340 g/mol. The molecular formula is C20H25FN4. The summed E-state index contributed by atoms with van der Waals surface area (Å²) in [5, 5.41) is 26.0. The van der Waals surface area contributed by atoms with Crippen LogP contribution in [0.25, 0.3) is 0 Å². The van der Waals surface area contributed by atoms with Gasteiger partial charge in [-0.3, -0.25) is 16.2 Å². The van der Waals surface area contributed by atoms with E-state index in [9.17, 15) is 4.48 Å². The predicted octanol–water partition coefficient (Wildman–Crippen LogP) is 5.20. The van der Waals surface area contributed by atoms with Gasteiger partial charge in [-0.2, -0.15) is 0 Å². The zero-order valence-electron chi connectivity index (χ0n) is 15.6. The minimum Gasteiger partial charge on any atom is -0.298 e. The molecule has 2 aliphatic carbocycles. The number of rotatable bonds is 0. The third kappa shape index (κ3) is 5.32. The van der Waals surface area contributed by atoms with Crippen LogP contribution in [0, 0.1) is 28.1 Å². The number of halogens is 1. The Hall–Kier alpha value is -2.87. The molecule has 0 saturated carbocycles. The van der Waals surface area contributed by atoms with Gasteiger partial charge in [0.05, 0.1) is 28.3 Å². The molecule has 0 saturated heterocycles. The fourth-order valence-electron chi connectivity index (χ4n) is 1.83. The molecular weight excluding hydrogens is 315 g/mol. The van der Waals surface area contributed by atoms with Gasteiger partial charge in [0, 0.05) is 0 Å². The maximum Gasteiger partial charge on any atom is 0.137 e. The molecule has 4 nitrogen and oxygen atoms in total. The van der Waals surface area contributed by atoms with Crippen molar-refractivity contribution in [3.8, 4) is 11.8 Å². The lowest BCUT2D eigenvalue weighted by molar-refractivity contribution is 0.539. The smallest absolute Gasteiger partial charge is 0.137 e. The summed E-state index contributed by atoms with van der Waals surface area (Å²) in [6.07, 6.45) is 6.65. The van der Waals surface area contributed by atoms with E-state index < -0.39 is 0 Å². The Labute approximate surface area is 149 Å². The van der Waals surface area contributed by atoms with Crippen molar-refractivity contribution < 1.29 is 4.48 Å². The molecule has 5 heteroatoms. The molecule has 132 valence electrons. The molecule has 0 fully saturated rings. The Balaban J connectivity index is 0.00000134. The summed E-state index contributed by atoms with van der Waals surface area (Å²) in [4.78, 5) is 0. The minimum atomic E-state index is -0.104. The molecule has 25 heavy (non-hydrogen) atoms. The van der Waals surface area contributed by atoms with Gasteiger partial charge < -0.3 is 0 Å². The van der Waals surface area contributed by atoms with Crippen LogP contribution in [0.2, 0.25) is 0 Å². The zero-order valence-corrected chi connectivity index (χ0v) is 15.6. The predicted molar refractivity (Wildman–Crippen MR) is 106 cm³/mol. The zero-order chi connectivity index (χ0) is 19.6. The summed E-state index contributed by atoms with van der Waals surface area (Å²) >= 11 is 0. The van der Waals surface area contributed by atoms with Gasteiger partial charge in [0.15, 0.2) is 0 Å². The van der Waals surface area contributed by atoms with E-state index in [-0.39, 0.29) is 22.8 Å². The van der Waals surface area contributed by atoms with Gasteiger partial charge >= 0.3 is 0 Å². The molecule has 0 spiro atoms. The van der Waals surface area contributed by atoms with Crippen LogP contribution in [-0.4, -0.2) is 22.8 Å². The molecule has 0 atom stereocenters. The number of nitrogens with zero attached hydrogens (tertiary/aromatic N) is 1. The number of hydrogen-bond acceptors (Lipinski definition) is 4. The lowest BCUT2D eigenvalue weighted by Crippen LogP contribution is -2.19. The Bertz CT molecular complexity index is 778. The van der Waals surface area contributed by atoms with Gasteiger partial charge in [-0.05, 0) is 37.1 Å². The minimum absolute atomic E-state index is 0.000448. The van der Waals surface area contributed by atoms with Crippen LogP contribution >= 0.6 is 0 Å². The molecule has 0 aromatic rings. The van der Waals surface area contributed by atoms with E-state index in [1.165, 1.54) is 0 Å². The van der Waals surface area contributed by atoms with Crippen molar-refractivity contribution >= 4 is 22.8 Å². The van der Waals surface area contributed by atoms with Crippen LogP contribution < -0.4 is 0 Å². The van der Waals surface area contributed by atoms with Crippen LogP contribution in [0.15, 0.2) is 51.8 Å². The van der Waals surface area contributed by atoms with Crippen LogP contribution in [0.5, 0.6) is 0 Å². The van der Waals surface area contributed by atoms with Gasteiger partial charge in [0.1, 0.15) is 5.71 Å². The van der Waals surface area contributed by atoms with E-state index in [1.54, 1.807) is 38.2 Å². The maximum atomic E-state index is 12.7. The normalized spacial score (nSPS) is 17.6. The van der Waals surface area contributed by atoms with E-state index in [2.05, 4.69) is 17.1 Å². The average molecular weight is 340 g/mol. The highest BCUT2D eigenvalue weighted by molar-refractivity contribution is 6.54. The van der Waals surface area contributed by atoms with E-state index in [0.29, 0.717) is 22.3 Å². The number of allylic oxidation sites excluding steroid dienone is 8. The highest BCUT2D eigenvalue weighted by Crippen LogP contribution is 2.15. The Kier molecular flexibility index (Phi) is 9.58. The van der Waals surface area contributed by atoms with E-state index in [1.807, 2.05) is 27.7 Å². The first-order valence-electron chi connectivity index (χ1n) is 8.21. The highest BCUT2D eigenvalue weighted by atomic mass is 19.2. The number of nitrogens with one attached hydrogen (secondary N) is 3. The second-order valence-electron chi connectivity index (χ2n) is 4.67. The number of hydrogen-bond donors (Lipinski definition) is 3. The first-order valence-corrected chi connectivity index (χ1v) is 8.21. The quantitative estimate of drug-likeness (QED) is 0.400. The average Bonchev–Trinajstić information content (AvgIpc) is 2.65. The molecule has 3 N–H and O–H groups in total. The standard InChI is InChI=1S/C16H13FN4.2C2H6/c1-9-3-5-11(15(20)13(9)18)7-8-12-6-4-10(2)14(19)16(12)21-17;2*1-2/h3-6,18-20H,1-2H3;2*1-2H3/b18-13?,19-14?,20-15?,21-16-;;. The van der Waals surface area contributed by atoms with Crippen molar-refractivity contribution in [1.82, 2.24) is 0 Å². The van der Waals surface area contributed by atoms with Crippen LogP contribution in [0.4, 0.5) is 4.48 Å². The fraction of sp³-hybridized carbons (Fsp3) is 0.300. The molecule has 2 aliphatic rings. The molecule has 0 aromatic heterocycles. The van der Waals surface area contributed by atoms with Crippen molar-refractivity contribution in [2.24, 2.45) is 5.21 Å². The molecule has 0 radical (unpaired) electrons. The summed E-state index contributed by atoms with van der Waals surface area (Å²) in [5.41, 5.74) is 2.06. The Morgan fingerprint density at radius 2 is 1.16 bits per heavy atom. The lowest BCUT2D eigenvalue weighted by atomic mass is 9.93. The van der Waals surface area contributed by atoms with Crippen molar-refractivity contribution in [2.75, 3.05) is 0 Å². The second kappa shape index (κ2) is 10.8. The third-order valence-electron chi connectivity index (χ3n) is 3.22. The molecule has 0 unspecified atom stereocenters. The molecule has 0 bridgehead atoms.